The standard InChI is InChI=1S/C15H18N2O3S/c1-4-12(15(18)19-5-2)14-16-13(17-20-14)10-6-8-11(21-3)9-7-10/h6-9,12H,4-5H2,1-3H3. The van der Waals surface area contributed by atoms with Crippen LogP contribution in [0.1, 0.15) is 32.1 Å². The van der Waals surface area contributed by atoms with Crippen LogP contribution < -0.4 is 0 Å². The molecule has 6 heteroatoms. The number of carbonyl (C=O) groups is 1. The molecule has 0 aliphatic heterocycles. The van der Waals surface area contributed by atoms with E-state index in [4.69, 9.17) is 9.26 Å². The lowest BCUT2D eigenvalue weighted by Gasteiger charge is -2.08. The lowest BCUT2D eigenvalue weighted by Crippen LogP contribution is -2.15. The molecule has 0 spiro atoms. The Balaban J connectivity index is 2.21. The van der Waals surface area contributed by atoms with Crippen LogP contribution in [0, 0.1) is 0 Å². The lowest BCUT2D eigenvalue weighted by molar-refractivity contribution is -0.145. The molecule has 0 radical (unpaired) electrons. The molecular weight excluding hydrogens is 288 g/mol. The summed E-state index contributed by atoms with van der Waals surface area (Å²) in [5, 5.41) is 3.95. The predicted molar refractivity (Wildman–Crippen MR) is 81.2 cm³/mol. The van der Waals surface area contributed by atoms with Crippen LogP contribution in [-0.2, 0) is 9.53 Å². The molecule has 112 valence electrons. The van der Waals surface area contributed by atoms with Crippen molar-refractivity contribution in [2.24, 2.45) is 0 Å². The number of benzene rings is 1. The summed E-state index contributed by atoms with van der Waals surface area (Å²) in [6, 6.07) is 7.87. The summed E-state index contributed by atoms with van der Waals surface area (Å²) < 4.78 is 10.3. The number of hydrogen-bond donors (Lipinski definition) is 0. The van der Waals surface area contributed by atoms with Crippen molar-refractivity contribution in [1.82, 2.24) is 10.1 Å². The van der Waals surface area contributed by atoms with Crippen LogP contribution in [0.15, 0.2) is 33.7 Å². The highest BCUT2D eigenvalue weighted by atomic mass is 32.2. The molecule has 5 nitrogen and oxygen atoms in total. The Bertz CT molecular complexity index is 595. The highest BCUT2D eigenvalue weighted by Crippen LogP contribution is 2.24. The summed E-state index contributed by atoms with van der Waals surface area (Å²) in [4.78, 5) is 17.3. The predicted octanol–water partition coefficient (Wildman–Crippen LogP) is 3.52. The number of carbonyl (C=O) groups excluding carboxylic acids is 1. The molecule has 0 fully saturated rings. The fourth-order valence-corrected chi connectivity index (χ4v) is 2.33. The first-order valence-electron chi connectivity index (χ1n) is 6.84. The zero-order valence-corrected chi connectivity index (χ0v) is 13.1. The van der Waals surface area contributed by atoms with E-state index in [1.807, 2.05) is 37.4 Å². The zero-order chi connectivity index (χ0) is 15.2. The highest BCUT2D eigenvalue weighted by Gasteiger charge is 2.26. The monoisotopic (exact) mass is 306 g/mol. The van der Waals surface area contributed by atoms with E-state index in [1.165, 1.54) is 4.90 Å². The summed E-state index contributed by atoms with van der Waals surface area (Å²) in [6.07, 6.45) is 2.58. The van der Waals surface area contributed by atoms with Crippen molar-refractivity contribution in [3.8, 4) is 11.4 Å². The summed E-state index contributed by atoms with van der Waals surface area (Å²) in [5.41, 5.74) is 0.863. The normalized spacial score (nSPS) is 12.1. The third kappa shape index (κ3) is 3.64. The molecule has 0 aliphatic rings. The van der Waals surface area contributed by atoms with Gasteiger partial charge in [-0.2, -0.15) is 4.98 Å². The molecule has 0 bridgehead atoms. The fraction of sp³-hybridized carbons (Fsp3) is 0.400. The molecule has 0 N–H and O–H groups in total. The molecule has 21 heavy (non-hydrogen) atoms. The van der Waals surface area contributed by atoms with Crippen molar-refractivity contribution in [3.63, 3.8) is 0 Å². The van der Waals surface area contributed by atoms with E-state index >= 15 is 0 Å². The van der Waals surface area contributed by atoms with Crippen LogP contribution in [0.2, 0.25) is 0 Å². The minimum atomic E-state index is -0.503. The topological polar surface area (TPSA) is 65.2 Å². The quantitative estimate of drug-likeness (QED) is 0.601. The van der Waals surface area contributed by atoms with Crippen LogP contribution in [0.25, 0.3) is 11.4 Å². The SMILES string of the molecule is CCOC(=O)C(CC)c1nc(-c2ccc(SC)cc2)no1. The highest BCUT2D eigenvalue weighted by molar-refractivity contribution is 7.98. The lowest BCUT2D eigenvalue weighted by atomic mass is 10.1. The molecule has 2 rings (SSSR count). The van der Waals surface area contributed by atoms with Crippen molar-refractivity contribution in [1.29, 1.82) is 0 Å². The molecule has 0 amide bonds. The first-order valence-corrected chi connectivity index (χ1v) is 8.06. The van der Waals surface area contributed by atoms with Gasteiger partial charge in [0.15, 0.2) is 0 Å². The van der Waals surface area contributed by atoms with Gasteiger partial charge in [0.1, 0.15) is 5.92 Å². The fourth-order valence-electron chi connectivity index (χ4n) is 1.92. The average molecular weight is 306 g/mol. The van der Waals surface area contributed by atoms with E-state index in [2.05, 4.69) is 10.1 Å². The van der Waals surface area contributed by atoms with Crippen LogP contribution >= 0.6 is 11.8 Å². The van der Waals surface area contributed by atoms with E-state index in [0.717, 1.165) is 5.56 Å². The molecular formula is C15H18N2O3S. The molecule has 0 saturated heterocycles. The van der Waals surface area contributed by atoms with Crippen LogP contribution in [0.3, 0.4) is 0 Å². The van der Waals surface area contributed by atoms with Gasteiger partial charge in [0.25, 0.3) is 0 Å². The van der Waals surface area contributed by atoms with Gasteiger partial charge < -0.3 is 9.26 Å². The maximum atomic E-state index is 11.9. The third-order valence-electron chi connectivity index (χ3n) is 3.07. The zero-order valence-electron chi connectivity index (χ0n) is 12.3. The van der Waals surface area contributed by atoms with Gasteiger partial charge in [0.05, 0.1) is 6.61 Å². The number of nitrogens with zero attached hydrogens (tertiary/aromatic N) is 2. The minimum Gasteiger partial charge on any atom is -0.465 e. The van der Waals surface area contributed by atoms with Crippen LogP contribution in [-0.4, -0.2) is 29.0 Å². The van der Waals surface area contributed by atoms with Crippen molar-refractivity contribution in [3.05, 3.63) is 30.2 Å². The van der Waals surface area contributed by atoms with Gasteiger partial charge in [0.2, 0.25) is 11.7 Å². The third-order valence-corrected chi connectivity index (χ3v) is 3.81. The number of hydrogen-bond acceptors (Lipinski definition) is 6. The van der Waals surface area contributed by atoms with Crippen molar-refractivity contribution in [2.75, 3.05) is 12.9 Å². The van der Waals surface area contributed by atoms with Gasteiger partial charge in [-0.15, -0.1) is 11.8 Å². The van der Waals surface area contributed by atoms with Gasteiger partial charge in [-0.05, 0) is 43.9 Å². The summed E-state index contributed by atoms with van der Waals surface area (Å²) in [7, 11) is 0. The summed E-state index contributed by atoms with van der Waals surface area (Å²) in [5.74, 6) is -0.0371. The molecule has 1 heterocycles. The maximum Gasteiger partial charge on any atom is 0.318 e. The Morgan fingerprint density at radius 3 is 2.62 bits per heavy atom. The Hall–Kier alpha value is -1.82. The van der Waals surface area contributed by atoms with Gasteiger partial charge >= 0.3 is 5.97 Å². The molecule has 1 atom stereocenters. The van der Waals surface area contributed by atoms with Gasteiger partial charge in [-0.1, -0.05) is 12.1 Å². The Morgan fingerprint density at radius 2 is 2.05 bits per heavy atom. The average Bonchev–Trinajstić information content (AvgIpc) is 2.98. The van der Waals surface area contributed by atoms with Gasteiger partial charge in [-0.25, -0.2) is 0 Å². The second-order valence-corrected chi connectivity index (χ2v) is 5.28. The summed E-state index contributed by atoms with van der Waals surface area (Å²) >= 11 is 1.67. The van der Waals surface area contributed by atoms with Crippen molar-refractivity contribution < 1.29 is 14.1 Å². The summed E-state index contributed by atoms with van der Waals surface area (Å²) in [6.45, 7) is 4.00. The number of ether oxygens (including phenoxy) is 1. The largest absolute Gasteiger partial charge is 0.465 e. The van der Waals surface area contributed by atoms with E-state index in [1.54, 1.807) is 18.7 Å². The van der Waals surface area contributed by atoms with Gasteiger partial charge in [0, 0.05) is 10.5 Å². The maximum absolute atomic E-state index is 11.9. The Labute approximate surface area is 128 Å². The Kier molecular flexibility index (Phi) is 5.38. The van der Waals surface area contributed by atoms with Crippen LogP contribution in [0.4, 0.5) is 0 Å². The number of esters is 1. The smallest absolute Gasteiger partial charge is 0.318 e. The van der Waals surface area contributed by atoms with E-state index in [9.17, 15) is 4.79 Å². The number of aromatic nitrogens is 2. The van der Waals surface area contributed by atoms with E-state index < -0.39 is 5.92 Å². The Morgan fingerprint density at radius 1 is 1.33 bits per heavy atom. The molecule has 1 aromatic carbocycles. The first-order chi connectivity index (χ1) is 10.2. The molecule has 1 aromatic heterocycles. The second kappa shape index (κ2) is 7.26. The van der Waals surface area contributed by atoms with Crippen molar-refractivity contribution in [2.45, 2.75) is 31.1 Å². The van der Waals surface area contributed by atoms with E-state index in [0.29, 0.717) is 24.7 Å². The second-order valence-electron chi connectivity index (χ2n) is 4.40. The molecule has 0 aliphatic carbocycles. The molecule has 2 aromatic rings. The number of thioether (sulfide) groups is 1. The first kappa shape index (κ1) is 15.6. The minimum absolute atomic E-state index is 0.305. The van der Waals surface area contributed by atoms with Crippen molar-refractivity contribution >= 4 is 17.7 Å². The van der Waals surface area contributed by atoms with E-state index in [-0.39, 0.29) is 5.97 Å². The number of rotatable bonds is 6. The molecule has 0 saturated carbocycles. The van der Waals surface area contributed by atoms with Gasteiger partial charge in [-0.3, -0.25) is 4.79 Å². The van der Waals surface area contributed by atoms with Crippen LogP contribution in [0.5, 0.6) is 0 Å². The molecule has 1 unspecified atom stereocenters.